The van der Waals surface area contributed by atoms with E-state index >= 15 is 0 Å². The third-order valence-electron chi connectivity index (χ3n) is 4.71. The first-order valence-corrected chi connectivity index (χ1v) is 9.80. The molecule has 1 aromatic carbocycles. The molecule has 3 rings (SSSR count). The van der Waals surface area contributed by atoms with Gasteiger partial charge in [0.2, 0.25) is 15.9 Å². The number of amides is 1. The Kier molecular flexibility index (Phi) is 4.23. The summed E-state index contributed by atoms with van der Waals surface area (Å²) in [6.07, 6.45) is 3.40. The van der Waals surface area contributed by atoms with Crippen molar-refractivity contribution in [3.63, 3.8) is 0 Å². The van der Waals surface area contributed by atoms with Crippen LogP contribution in [0.15, 0.2) is 23.1 Å². The number of hydrogen-bond donors (Lipinski definition) is 1. The molecule has 1 heterocycles. The summed E-state index contributed by atoms with van der Waals surface area (Å²) in [6.45, 7) is 5.81. The minimum atomic E-state index is -3.51. The second-order valence-corrected chi connectivity index (χ2v) is 8.47. The number of fused-ring (bicyclic) bond motifs is 1. The van der Waals surface area contributed by atoms with Crippen LogP contribution in [0.1, 0.15) is 45.6 Å². The fraction of sp³-hybridized carbons (Fsp3) is 0.588. The molecule has 5 nitrogen and oxygen atoms in total. The zero-order valence-corrected chi connectivity index (χ0v) is 14.7. The minimum absolute atomic E-state index is 0.0959. The molecule has 1 saturated carbocycles. The normalized spacial score (nSPS) is 22.0. The number of anilines is 1. The number of sulfonamides is 1. The van der Waals surface area contributed by atoms with Gasteiger partial charge in [0.15, 0.2) is 0 Å². The van der Waals surface area contributed by atoms with Gasteiger partial charge < -0.3 is 4.90 Å². The first-order valence-electron chi connectivity index (χ1n) is 8.31. The molecular weight excluding hydrogens is 312 g/mol. The van der Waals surface area contributed by atoms with Crippen molar-refractivity contribution in [1.82, 2.24) is 4.72 Å². The molecule has 0 bridgehead atoms. The van der Waals surface area contributed by atoms with E-state index < -0.39 is 10.0 Å². The van der Waals surface area contributed by atoms with Crippen molar-refractivity contribution in [3.05, 3.63) is 23.8 Å². The van der Waals surface area contributed by atoms with Crippen molar-refractivity contribution < 1.29 is 13.2 Å². The first kappa shape index (κ1) is 16.5. The molecule has 126 valence electrons. The summed E-state index contributed by atoms with van der Waals surface area (Å²) < 4.78 is 27.5. The van der Waals surface area contributed by atoms with Crippen molar-refractivity contribution in [1.29, 1.82) is 0 Å². The van der Waals surface area contributed by atoms with Gasteiger partial charge in [-0.3, -0.25) is 4.79 Å². The standard InChI is InChI=1S/C17H24N2O3S/c1-4-11(2)18-23(21,22)15-7-8-16-14(10-15)9-12(3)19(16)17(20)13-5-6-13/h7-8,10-13,18H,4-6,9H2,1-3H3/t11-,12+/m1/s1. The average Bonchev–Trinajstić information content (AvgIpc) is 3.28. The molecule has 0 aromatic heterocycles. The highest BCUT2D eigenvalue weighted by atomic mass is 32.2. The van der Waals surface area contributed by atoms with Crippen molar-refractivity contribution in [2.24, 2.45) is 5.92 Å². The Hall–Kier alpha value is -1.40. The van der Waals surface area contributed by atoms with Gasteiger partial charge in [-0.05, 0) is 63.3 Å². The van der Waals surface area contributed by atoms with Crippen molar-refractivity contribution in [3.8, 4) is 0 Å². The lowest BCUT2D eigenvalue weighted by Crippen LogP contribution is -2.36. The maximum Gasteiger partial charge on any atom is 0.240 e. The van der Waals surface area contributed by atoms with Crippen molar-refractivity contribution in [2.45, 2.75) is 63.4 Å². The van der Waals surface area contributed by atoms with Crippen LogP contribution in [0.5, 0.6) is 0 Å². The predicted octanol–water partition coefficient (Wildman–Crippen LogP) is 2.45. The van der Waals surface area contributed by atoms with E-state index in [1.807, 2.05) is 25.7 Å². The highest BCUT2D eigenvalue weighted by Crippen LogP contribution is 2.39. The maximum atomic E-state index is 12.4. The largest absolute Gasteiger partial charge is 0.309 e. The number of carbonyl (C=O) groups excluding carboxylic acids is 1. The van der Waals surface area contributed by atoms with Gasteiger partial charge in [-0.2, -0.15) is 0 Å². The van der Waals surface area contributed by atoms with Crippen LogP contribution in [0.3, 0.4) is 0 Å². The monoisotopic (exact) mass is 336 g/mol. The molecule has 2 aliphatic rings. The minimum Gasteiger partial charge on any atom is -0.309 e. The van der Waals surface area contributed by atoms with E-state index in [-0.39, 0.29) is 28.8 Å². The van der Waals surface area contributed by atoms with Crippen LogP contribution >= 0.6 is 0 Å². The molecule has 1 N–H and O–H groups in total. The molecule has 2 atom stereocenters. The highest BCUT2D eigenvalue weighted by Gasteiger charge is 2.39. The molecule has 0 spiro atoms. The molecule has 0 radical (unpaired) electrons. The second kappa shape index (κ2) is 5.91. The quantitative estimate of drug-likeness (QED) is 0.898. The second-order valence-electron chi connectivity index (χ2n) is 6.76. The van der Waals surface area contributed by atoms with Gasteiger partial charge in [0.05, 0.1) is 4.90 Å². The highest BCUT2D eigenvalue weighted by molar-refractivity contribution is 7.89. The van der Waals surface area contributed by atoms with Gasteiger partial charge >= 0.3 is 0 Å². The fourth-order valence-electron chi connectivity index (χ4n) is 3.05. The first-order chi connectivity index (χ1) is 10.8. The molecule has 1 aliphatic heterocycles. The van der Waals surface area contributed by atoms with E-state index in [0.717, 1.165) is 30.5 Å². The Balaban J connectivity index is 1.89. The van der Waals surface area contributed by atoms with Gasteiger partial charge in [0.1, 0.15) is 0 Å². The number of rotatable bonds is 5. The molecule has 0 saturated heterocycles. The summed E-state index contributed by atoms with van der Waals surface area (Å²) in [4.78, 5) is 14.6. The van der Waals surface area contributed by atoms with Gasteiger partial charge in [0.25, 0.3) is 0 Å². The van der Waals surface area contributed by atoms with Crippen LogP contribution in [-0.2, 0) is 21.2 Å². The van der Waals surface area contributed by atoms with E-state index in [0.29, 0.717) is 6.42 Å². The van der Waals surface area contributed by atoms with E-state index in [1.165, 1.54) is 0 Å². The topological polar surface area (TPSA) is 66.5 Å². The molecule has 1 aromatic rings. The Morgan fingerprint density at radius 3 is 2.70 bits per heavy atom. The maximum absolute atomic E-state index is 12.4. The summed E-state index contributed by atoms with van der Waals surface area (Å²) in [5.74, 6) is 0.350. The lowest BCUT2D eigenvalue weighted by Gasteiger charge is -2.22. The van der Waals surface area contributed by atoms with Gasteiger partial charge in [-0.25, -0.2) is 13.1 Å². The van der Waals surface area contributed by atoms with Gasteiger partial charge in [0, 0.05) is 23.7 Å². The Labute approximate surface area is 138 Å². The van der Waals surface area contributed by atoms with E-state index in [2.05, 4.69) is 4.72 Å². The van der Waals surface area contributed by atoms with Crippen LogP contribution < -0.4 is 9.62 Å². The lowest BCUT2D eigenvalue weighted by molar-refractivity contribution is -0.120. The molecule has 23 heavy (non-hydrogen) atoms. The Morgan fingerprint density at radius 2 is 2.09 bits per heavy atom. The molecule has 1 amide bonds. The smallest absolute Gasteiger partial charge is 0.240 e. The van der Waals surface area contributed by atoms with Crippen LogP contribution in [0.25, 0.3) is 0 Å². The SMILES string of the molecule is CC[C@@H](C)NS(=O)(=O)c1ccc2c(c1)C[C@H](C)N2C(=O)C1CC1. The third kappa shape index (κ3) is 3.15. The summed E-state index contributed by atoms with van der Waals surface area (Å²) in [7, 11) is -3.51. The van der Waals surface area contributed by atoms with E-state index in [1.54, 1.807) is 18.2 Å². The molecule has 1 fully saturated rings. The zero-order valence-electron chi connectivity index (χ0n) is 13.9. The summed E-state index contributed by atoms with van der Waals surface area (Å²) in [5.41, 5.74) is 1.82. The molecular formula is C17H24N2O3S. The van der Waals surface area contributed by atoms with Gasteiger partial charge in [-0.15, -0.1) is 0 Å². The van der Waals surface area contributed by atoms with E-state index in [9.17, 15) is 13.2 Å². The Morgan fingerprint density at radius 1 is 1.39 bits per heavy atom. The summed E-state index contributed by atoms with van der Waals surface area (Å²) in [5, 5.41) is 0. The zero-order chi connectivity index (χ0) is 16.8. The Bertz CT molecular complexity index is 725. The molecule has 6 heteroatoms. The van der Waals surface area contributed by atoms with Crippen molar-refractivity contribution in [2.75, 3.05) is 4.90 Å². The van der Waals surface area contributed by atoms with Crippen LogP contribution in [0.2, 0.25) is 0 Å². The fourth-order valence-corrected chi connectivity index (χ4v) is 4.43. The lowest BCUT2D eigenvalue weighted by atomic mass is 10.1. The number of carbonyl (C=O) groups is 1. The summed E-state index contributed by atoms with van der Waals surface area (Å²) >= 11 is 0. The molecule has 1 aliphatic carbocycles. The van der Waals surface area contributed by atoms with Crippen LogP contribution in [0, 0.1) is 5.92 Å². The van der Waals surface area contributed by atoms with Crippen LogP contribution in [0.4, 0.5) is 5.69 Å². The number of hydrogen-bond acceptors (Lipinski definition) is 3. The number of nitrogens with zero attached hydrogens (tertiary/aromatic N) is 1. The van der Waals surface area contributed by atoms with Crippen LogP contribution in [-0.4, -0.2) is 26.4 Å². The van der Waals surface area contributed by atoms with Gasteiger partial charge in [-0.1, -0.05) is 6.92 Å². The predicted molar refractivity (Wildman–Crippen MR) is 89.9 cm³/mol. The van der Waals surface area contributed by atoms with Crippen molar-refractivity contribution >= 4 is 21.6 Å². The average molecular weight is 336 g/mol. The molecule has 0 unspecified atom stereocenters. The summed E-state index contributed by atoms with van der Waals surface area (Å²) in [6, 6.07) is 5.11. The van der Waals surface area contributed by atoms with E-state index in [4.69, 9.17) is 0 Å². The number of benzene rings is 1. The third-order valence-corrected chi connectivity index (χ3v) is 6.30. The number of nitrogens with one attached hydrogen (secondary N) is 1.